The third-order valence-electron chi connectivity index (χ3n) is 2.78. The maximum atomic E-state index is 12.2. The molecular formula is C12H19NO4S2. The van der Waals surface area contributed by atoms with Gasteiger partial charge < -0.3 is 5.11 Å². The third kappa shape index (κ3) is 4.59. The van der Waals surface area contributed by atoms with Crippen LogP contribution in [0.3, 0.4) is 0 Å². The molecular weight excluding hydrogens is 286 g/mol. The summed E-state index contributed by atoms with van der Waals surface area (Å²) in [6.07, 6.45) is 0.561. The summed E-state index contributed by atoms with van der Waals surface area (Å²) in [5.41, 5.74) is 0. The summed E-state index contributed by atoms with van der Waals surface area (Å²) in [6, 6.07) is 2.89. The lowest BCUT2D eigenvalue weighted by molar-refractivity contribution is -0.136. The maximum Gasteiger partial charge on any atom is 0.308 e. The first-order chi connectivity index (χ1) is 8.76. The number of aliphatic carboxylic acids is 1. The summed E-state index contributed by atoms with van der Waals surface area (Å²) in [6.45, 7) is 5.85. The lowest BCUT2D eigenvalue weighted by atomic mass is 10.0. The molecule has 7 heteroatoms. The molecule has 2 N–H and O–H groups in total. The van der Waals surface area contributed by atoms with Gasteiger partial charge in [0.05, 0.1) is 6.42 Å². The number of carbonyl (C=O) groups is 1. The molecule has 0 fully saturated rings. The average molecular weight is 305 g/mol. The van der Waals surface area contributed by atoms with Crippen LogP contribution in [0.2, 0.25) is 0 Å². The quantitative estimate of drug-likeness (QED) is 0.808. The van der Waals surface area contributed by atoms with Gasteiger partial charge in [-0.1, -0.05) is 20.8 Å². The predicted molar refractivity (Wildman–Crippen MR) is 74.9 cm³/mol. The summed E-state index contributed by atoms with van der Waals surface area (Å²) in [5.74, 6) is -0.759. The fourth-order valence-electron chi connectivity index (χ4n) is 1.69. The van der Waals surface area contributed by atoms with Gasteiger partial charge in [0.15, 0.2) is 0 Å². The van der Waals surface area contributed by atoms with Crippen LogP contribution >= 0.6 is 11.3 Å². The topological polar surface area (TPSA) is 83.5 Å². The molecule has 19 heavy (non-hydrogen) atoms. The Kier molecular flexibility index (Phi) is 5.51. The first kappa shape index (κ1) is 16.1. The molecule has 108 valence electrons. The minimum Gasteiger partial charge on any atom is -0.481 e. The summed E-state index contributed by atoms with van der Waals surface area (Å²) < 4.78 is 27.1. The minimum absolute atomic E-state index is 0.116. The Morgan fingerprint density at radius 1 is 1.42 bits per heavy atom. The second kappa shape index (κ2) is 6.49. The van der Waals surface area contributed by atoms with Crippen molar-refractivity contribution in [2.75, 3.05) is 0 Å². The summed E-state index contributed by atoms with van der Waals surface area (Å²) in [5, 5.41) is 8.68. The number of carboxylic acids is 1. The molecule has 0 spiro atoms. The van der Waals surface area contributed by atoms with E-state index in [2.05, 4.69) is 4.72 Å². The largest absolute Gasteiger partial charge is 0.481 e. The van der Waals surface area contributed by atoms with E-state index in [9.17, 15) is 13.2 Å². The van der Waals surface area contributed by atoms with Crippen molar-refractivity contribution in [2.45, 2.75) is 43.9 Å². The monoisotopic (exact) mass is 305 g/mol. The Bertz CT molecular complexity index is 534. The number of hydrogen-bond acceptors (Lipinski definition) is 4. The van der Waals surface area contributed by atoms with Crippen LogP contribution in [-0.2, 0) is 21.2 Å². The molecule has 0 saturated heterocycles. The van der Waals surface area contributed by atoms with E-state index in [-0.39, 0.29) is 22.6 Å². The van der Waals surface area contributed by atoms with E-state index in [4.69, 9.17) is 5.11 Å². The van der Waals surface area contributed by atoms with Crippen molar-refractivity contribution >= 4 is 27.3 Å². The first-order valence-corrected chi connectivity index (χ1v) is 8.39. The van der Waals surface area contributed by atoms with Gasteiger partial charge in [0.25, 0.3) is 0 Å². The number of thiophene rings is 1. The normalized spacial score (nSPS) is 13.7. The van der Waals surface area contributed by atoms with Crippen LogP contribution in [0, 0.1) is 5.92 Å². The molecule has 5 nitrogen and oxygen atoms in total. The zero-order valence-corrected chi connectivity index (χ0v) is 12.8. The number of hydrogen-bond donors (Lipinski definition) is 2. The molecule has 1 rings (SSSR count). The summed E-state index contributed by atoms with van der Waals surface area (Å²) in [7, 11) is -3.56. The second-order valence-corrected chi connectivity index (χ2v) is 7.78. The second-order valence-electron chi connectivity index (χ2n) is 4.67. The van der Waals surface area contributed by atoms with E-state index in [0.29, 0.717) is 11.3 Å². The Labute approximate surface area is 117 Å². The van der Waals surface area contributed by atoms with E-state index >= 15 is 0 Å². The number of carboxylic acid groups (broad SMARTS) is 1. The lowest BCUT2D eigenvalue weighted by Gasteiger charge is -2.19. The van der Waals surface area contributed by atoms with Crippen LogP contribution in [0.5, 0.6) is 0 Å². The molecule has 1 atom stereocenters. The standard InChI is InChI=1S/C12H19NO4S2/c1-4-10(8(2)3)13-19(16,17)12-6-5-9(18-12)7-11(14)15/h5-6,8,10,13H,4,7H2,1-3H3,(H,14,15). The highest BCUT2D eigenvalue weighted by atomic mass is 32.2. The summed E-state index contributed by atoms with van der Waals surface area (Å²) >= 11 is 1.00. The third-order valence-corrected chi connectivity index (χ3v) is 5.85. The number of nitrogens with one attached hydrogen (secondary N) is 1. The Hall–Kier alpha value is -0.920. The van der Waals surface area contributed by atoms with Crippen LogP contribution in [0.4, 0.5) is 0 Å². The highest BCUT2D eigenvalue weighted by molar-refractivity contribution is 7.91. The lowest BCUT2D eigenvalue weighted by Crippen LogP contribution is -2.37. The van der Waals surface area contributed by atoms with Gasteiger partial charge in [0.2, 0.25) is 10.0 Å². The van der Waals surface area contributed by atoms with Crippen LogP contribution in [0.1, 0.15) is 32.1 Å². The Balaban J connectivity index is 2.88. The van der Waals surface area contributed by atoms with Crippen LogP contribution in [0.25, 0.3) is 0 Å². The molecule has 0 radical (unpaired) electrons. The highest BCUT2D eigenvalue weighted by Gasteiger charge is 2.23. The Morgan fingerprint density at radius 2 is 2.05 bits per heavy atom. The van der Waals surface area contributed by atoms with Crippen LogP contribution in [0.15, 0.2) is 16.3 Å². The fraction of sp³-hybridized carbons (Fsp3) is 0.583. The molecule has 0 saturated carbocycles. The van der Waals surface area contributed by atoms with E-state index < -0.39 is 16.0 Å². The predicted octanol–water partition coefficient (Wildman–Crippen LogP) is 2.09. The van der Waals surface area contributed by atoms with E-state index in [1.165, 1.54) is 6.07 Å². The van der Waals surface area contributed by atoms with E-state index in [0.717, 1.165) is 11.3 Å². The molecule has 1 unspecified atom stereocenters. The van der Waals surface area contributed by atoms with Gasteiger partial charge in [-0.3, -0.25) is 4.79 Å². The van der Waals surface area contributed by atoms with Crippen LogP contribution in [-0.4, -0.2) is 25.5 Å². The van der Waals surface area contributed by atoms with Gasteiger partial charge in [-0.15, -0.1) is 11.3 Å². The van der Waals surface area contributed by atoms with Crippen LogP contribution < -0.4 is 4.72 Å². The van der Waals surface area contributed by atoms with Crippen molar-refractivity contribution in [2.24, 2.45) is 5.92 Å². The van der Waals surface area contributed by atoms with E-state index in [1.54, 1.807) is 6.07 Å². The van der Waals surface area contributed by atoms with Crippen molar-refractivity contribution < 1.29 is 18.3 Å². The number of sulfonamides is 1. The molecule has 1 aromatic rings. The van der Waals surface area contributed by atoms with Gasteiger partial charge in [0, 0.05) is 10.9 Å². The van der Waals surface area contributed by atoms with Gasteiger partial charge in [-0.05, 0) is 24.5 Å². The summed E-state index contributed by atoms with van der Waals surface area (Å²) in [4.78, 5) is 11.1. The van der Waals surface area contributed by atoms with Crippen molar-refractivity contribution in [1.82, 2.24) is 4.72 Å². The maximum absolute atomic E-state index is 12.2. The van der Waals surface area contributed by atoms with Gasteiger partial charge in [0.1, 0.15) is 4.21 Å². The molecule has 0 aliphatic rings. The Morgan fingerprint density at radius 3 is 2.53 bits per heavy atom. The molecule has 0 aromatic carbocycles. The van der Waals surface area contributed by atoms with Crippen molar-refractivity contribution in [3.63, 3.8) is 0 Å². The molecule has 0 bridgehead atoms. The zero-order chi connectivity index (χ0) is 14.6. The first-order valence-electron chi connectivity index (χ1n) is 6.09. The SMILES string of the molecule is CCC(NS(=O)(=O)c1ccc(CC(=O)O)s1)C(C)C. The zero-order valence-electron chi connectivity index (χ0n) is 11.2. The smallest absolute Gasteiger partial charge is 0.308 e. The number of rotatable bonds is 7. The molecule has 0 aliphatic carbocycles. The van der Waals surface area contributed by atoms with Gasteiger partial charge >= 0.3 is 5.97 Å². The van der Waals surface area contributed by atoms with Gasteiger partial charge in [-0.2, -0.15) is 0 Å². The van der Waals surface area contributed by atoms with Crippen molar-refractivity contribution in [3.8, 4) is 0 Å². The molecule has 1 heterocycles. The van der Waals surface area contributed by atoms with Gasteiger partial charge in [-0.25, -0.2) is 13.1 Å². The van der Waals surface area contributed by atoms with E-state index in [1.807, 2.05) is 20.8 Å². The van der Waals surface area contributed by atoms with Crippen molar-refractivity contribution in [1.29, 1.82) is 0 Å². The van der Waals surface area contributed by atoms with Crippen molar-refractivity contribution in [3.05, 3.63) is 17.0 Å². The minimum atomic E-state index is -3.56. The molecule has 1 aromatic heterocycles. The molecule has 0 aliphatic heterocycles. The highest BCUT2D eigenvalue weighted by Crippen LogP contribution is 2.23. The average Bonchev–Trinajstić information content (AvgIpc) is 2.73. The fourth-order valence-corrected chi connectivity index (χ4v) is 4.53. The molecule has 0 amide bonds.